The lowest BCUT2D eigenvalue weighted by Gasteiger charge is -2.37. The van der Waals surface area contributed by atoms with Crippen molar-refractivity contribution in [1.29, 1.82) is 0 Å². The average Bonchev–Trinajstić information content (AvgIpc) is 3.11. The van der Waals surface area contributed by atoms with Gasteiger partial charge in [0.2, 0.25) is 11.8 Å². The zero-order chi connectivity index (χ0) is 19.7. The lowest BCUT2D eigenvalue weighted by Crippen LogP contribution is -2.50. The van der Waals surface area contributed by atoms with Gasteiger partial charge in [0.1, 0.15) is 0 Å². The highest BCUT2D eigenvalue weighted by Gasteiger charge is 2.38. The van der Waals surface area contributed by atoms with Crippen molar-refractivity contribution in [3.05, 3.63) is 59.1 Å². The van der Waals surface area contributed by atoms with E-state index in [-0.39, 0.29) is 24.2 Å². The Hall–Kier alpha value is -2.53. The summed E-state index contributed by atoms with van der Waals surface area (Å²) in [6.07, 6.45) is 0.268. The second-order valence-corrected chi connectivity index (χ2v) is 7.92. The van der Waals surface area contributed by atoms with E-state index in [2.05, 4.69) is 17.0 Å². The molecule has 0 N–H and O–H groups in total. The number of hydrogen-bond acceptors (Lipinski definition) is 3. The number of carbonyl (C=O) groups is 2. The van der Waals surface area contributed by atoms with Gasteiger partial charge in [-0.2, -0.15) is 0 Å². The van der Waals surface area contributed by atoms with Gasteiger partial charge < -0.3 is 14.7 Å². The quantitative estimate of drug-likeness (QED) is 0.797. The summed E-state index contributed by atoms with van der Waals surface area (Å²) in [5.41, 5.74) is 2.98. The summed E-state index contributed by atoms with van der Waals surface area (Å²) in [5.74, 6) is -0.205. The molecule has 5 nitrogen and oxygen atoms in total. The van der Waals surface area contributed by atoms with Crippen LogP contribution in [0.1, 0.15) is 12.0 Å². The Labute approximate surface area is 170 Å². The molecule has 1 unspecified atom stereocenters. The van der Waals surface area contributed by atoms with E-state index in [1.54, 1.807) is 11.0 Å². The molecule has 0 saturated carbocycles. The molecule has 2 amide bonds. The van der Waals surface area contributed by atoms with Crippen molar-refractivity contribution in [2.75, 3.05) is 42.5 Å². The Kier molecular flexibility index (Phi) is 5.27. The monoisotopic (exact) mass is 397 g/mol. The smallest absolute Gasteiger partial charge is 0.228 e. The number of hydrogen-bond donors (Lipinski definition) is 0. The minimum absolute atomic E-state index is 0.00774. The summed E-state index contributed by atoms with van der Waals surface area (Å²) in [5, 5.41) is 0.597. The first kappa shape index (κ1) is 18.8. The Morgan fingerprint density at radius 2 is 1.75 bits per heavy atom. The van der Waals surface area contributed by atoms with Crippen LogP contribution in [0.3, 0.4) is 0 Å². The van der Waals surface area contributed by atoms with Crippen molar-refractivity contribution in [2.45, 2.75) is 13.3 Å². The molecule has 2 fully saturated rings. The summed E-state index contributed by atoms with van der Waals surface area (Å²) in [4.78, 5) is 31.5. The molecule has 2 aliphatic rings. The summed E-state index contributed by atoms with van der Waals surface area (Å²) >= 11 is 6.11. The van der Waals surface area contributed by atoms with Crippen molar-refractivity contribution in [2.24, 2.45) is 5.92 Å². The van der Waals surface area contributed by atoms with Crippen molar-refractivity contribution >= 4 is 34.8 Å². The number of anilines is 2. The van der Waals surface area contributed by atoms with Gasteiger partial charge in [-0.05, 0) is 36.8 Å². The van der Waals surface area contributed by atoms with E-state index in [1.165, 1.54) is 5.69 Å². The first-order chi connectivity index (χ1) is 13.5. The van der Waals surface area contributed by atoms with E-state index < -0.39 is 0 Å². The molecule has 2 heterocycles. The van der Waals surface area contributed by atoms with Gasteiger partial charge in [-0.25, -0.2) is 0 Å². The number of halogens is 1. The van der Waals surface area contributed by atoms with Crippen molar-refractivity contribution in [1.82, 2.24) is 4.90 Å². The van der Waals surface area contributed by atoms with Gasteiger partial charge in [0, 0.05) is 55.5 Å². The molecule has 2 aliphatic heterocycles. The first-order valence-electron chi connectivity index (χ1n) is 9.68. The number of benzene rings is 2. The number of amides is 2. The predicted octanol–water partition coefficient (Wildman–Crippen LogP) is 3.35. The summed E-state index contributed by atoms with van der Waals surface area (Å²) in [6.45, 7) is 5.39. The van der Waals surface area contributed by atoms with Crippen LogP contribution in [0, 0.1) is 12.8 Å². The number of aryl methyl sites for hydroxylation is 1. The second kappa shape index (κ2) is 7.84. The second-order valence-electron chi connectivity index (χ2n) is 7.48. The Bertz CT molecular complexity index is 879. The first-order valence-corrected chi connectivity index (χ1v) is 10.1. The maximum atomic E-state index is 13.0. The van der Waals surface area contributed by atoms with E-state index in [0.29, 0.717) is 24.7 Å². The van der Waals surface area contributed by atoms with Crippen LogP contribution in [0.15, 0.2) is 48.5 Å². The third kappa shape index (κ3) is 3.72. The highest BCUT2D eigenvalue weighted by molar-refractivity contribution is 6.31. The Balaban J connectivity index is 1.40. The van der Waals surface area contributed by atoms with Crippen molar-refractivity contribution in [3.8, 4) is 0 Å². The number of carbonyl (C=O) groups excluding carboxylic acids is 2. The lowest BCUT2D eigenvalue weighted by molar-refractivity contribution is -0.136. The summed E-state index contributed by atoms with van der Waals surface area (Å²) in [7, 11) is 0. The Morgan fingerprint density at radius 1 is 1.04 bits per heavy atom. The Morgan fingerprint density at radius 3 is 2.46 bits per heavy atom. The molecule has 4 rings (SSSR count). The van der Waals surface area contributed by atoms with Gasteiger partial charge in [0.05, 0.1) is 5.92 Å². The van der Waals surface area contributed by atoms with Gasteiger partial charge in [0.15, 0.2) is 0 Å². The molecule has 2 saturated heterocycles. The number of nitrogens with zero attached hydrogens (tertiary/aromatic N) is 3. The molecule has 2 aromatic rings. The fraction of sp³-hybridized carbons (Fsp3) is 0.364. The lowest BCUT2D eigenvalue weighted by atomic mass is 10.1. The van der Waals surface area contributed by atoms with E-state index in [1.807, 2.05) is 42.2 Å². The third-order valence-electron chi connectivity index (χ3n) is 5.65. The molecule has 0 radical (unpaired) electrons. The fourth-order valence-corrected chi connectivity index (χ4v) is 4.23. The molecular formula is C22H24ClN3O2. The van der Waals surface area contributed by atoms with E-state index in [0.717, 1.165) is 24.3 Å². The maximum Gasteiger partial charge on any atom is 0.228 e. The number of rotatable bonds is 3. The van der Waals surface area contributed by atoms with Crippen LogP contribution in [-0.4, -0.2) is 49.4 Å². The van der Waals surface area contributed by atoms with Gasteiger partial charge in [-0.15, -0.1) is 0 Å². The van der Waals surface area contributed by atoms with Crippen LogP contribution < -0.4 is 9.80 Å². The molecule has 2 aromatic carbocycles. The van der Waals surface area contributed by atoms with E-state index >= 15 is 0 Å². The van der Waals surface area contributed by atoms with Crippen LogP contribution in [0.25, 0.3) is 0 Å². The van der Waals surface area contributed by atoms with Crippen LogP contribution in [0.5, 0.6) is 0 Å². The predicted molar refractivity (Wildman–Crippen MR) is 112 cm³/mol. The zero-order valence-corrected chi connectivity index (χ0v) is 16.7. The number of para-hydroxylation sites is 1. The van der Waals surface area contributed by atoms with Crippen molar-refractivity contribution in [3.63, 3.8) is 0 Å². The van der Waals surface area contributed by atoms with Crippen LogP contribution in [0.4, 0.5) is 11.4 Å². The maximum absolute atomic E-state index is 13.0. The normalized spacial score (nSPS) is 20.0. The summed E-state index contributed by atoms with van der Waals surface area (Å²) in [6, 6.07) is 15.8. The molecule has 6 heteroatoms. The third-order valence-corrected chi connectivity index (χ3v) is 5.88. The molecule has 0 spiro atoms. The van der Waals surface area contributed by atoms with Crippen molar-refractivity contribution < 1.29 is 9.59 Å². The van der Waals surface area contributed by atoms with E-state index in [4.69, 9.17) is 11.6 Å². The molecule has 1 atom stereocenters. The molecule has 146 valence electrons. The fourth-order valence-electron chi connectivity index (χ4n) is 4.06. The van der Waals surface area contributed by atoms with E-state index in [9.17, 15) is 9.59 Å². The highest BCUT2D eigenvalue weighted by atomic mass is 35.5. The average molecular weight is 398 g/mol. The van der Waals surface area contributed by atoms with Crippen LogP contribution in [-0.2, 0) is 9.59 Å². The van der Waals surface area contributed by atoms with Gasteiger partial charge in [-0.1, -0.05) is 35.9 Å². The molecule has 28 heavy (non-hydrogen) atoms. The van der Waals surface area contributed by atoms with Gasteiger partial charge in [0.25, 0.3) is 0 Å². The standard InChI is InChI=1S/C22H24ClN3O2/c1-16-7-8-18(23)14-20(16)26-15-17(13-21(26)27)22(28)25-11-9-24(10-12-25)19-5-3-2-4-6-19/h2-8,14,17H,9-13,15H2,1H3. The molecule has 0 bridgehead atoms. The zero-order valence-electron chi connectivity index (χ0n) is 16.0. The van der Waals surface area contributed by atoms with Crippen LogP contribution in [0.2, 0.25) is 5.02 Å². The SMILES string of the molecule is Cc1ccc(Cl)cc1N1CC(C(=O)N2CCN(c3ccccc3)CC2)CC1=O. The highest BCUT2D eigenvalue weighted by Crippen LogP contribution is 2.31. The molecule has 0 aliphatic carbocycles. The summed E-state index contributed by atoms with van der Waals surface area (Å²) < 4.78 is 0. The van der Waals surface area contributed by atoms with Crippen LogP contribution >= 0.6 is 11.6 Å². The minimum atomic E-state index is -0.283. The largest absolute Gasteiger partial charge is 0.368 e. The number of piperazine rings is 1. The molecular weight excluding hydrogens is 374 g/mol. The van der Waals surface area contributed by atoms with Gasteiger partial charge >= 0.3 is 0 Å². The molecule has 0 aromatic heterocycles. The topological polar surface area (TPSA) is 43.9 Å². The minimum Gasteiger partial charge on any atom is -0.368 e. The van der Waals surface area contributed by atoms with Gasteiger partial charge in [-0.3, -0.25) is 9.59 Å².